The van der Waals surface area contributed by atoms with Crippen molar-refractivity contribution in [3.8, 4) is 5.75 Å². The summed E-state index contributed by atoms with van der Waals surface area (Å²) < 4.78 is 10.5. The Labute approximate surface area is 108 Å². The molecule has 100 valence electrons. The summed E-state index contributed by atoms with van der Waals surface area (Å²) in [5, 5.41) is 0. The number of carbonyl (C=O) groups excluding carboxylic acids is 1. The summed E-state index contributed by atoms with van der Waals surface area (Å²) in [5.74, 6) is -0.0629. The summed E-state index contributed by atoms with van der Waals surface area (Å²) >= 11 is 0. The number of esters is 1. The van der Waals surface area contributed by atoms with E-state index in [1.165, 1.54) is 0 Å². The van der Waals surface area contributed by atoms with Crippen LogP contribution in [0.25, 0.3) is 0 Å². The highest BCUT2D eigenvalue weighted by molar-refractivity contribution is 5.79. The molecule has 1 aromatic rings. The molecule has 0 aromatic heterocycles. The van der Waals surface area contributed by atoms with E-state index in [1.807, 2.05) is 39.0 Å². The smallest absolute Gasteiger partial charge is 0.315 e. The second-order valence-electron chi connectivity index (χ2n) is 5.10. The lowest BCUT2D eigenvalue weighted by Crippen LogP contribution is -2.31. The molecular weight excluding hydrogens is 230 g/mol. The Morgan fingerprint density at radius 2 is 2.06 bits per heavy atom. The molecule has 0 bridgehead atoms. The third-order valence-corrected chi connectivity index (χ3v) is 2.42. The number of hydrogen-bond donors (Lipinski definition) is 1. The van der Waals surface area contributed by atoms with Crippen LogP contribution in [0.5, 0.6) is 5.75 Å². The van der Waals surface area contributed by atoms with E-state index in [4.69, 9.17) is 15.2 Å². The summed E-state index contributed by atoms with van der Waals surface area (Å²) in [7, 11) is 1.59. The van der Waals surface area contributed by atoms with E-state index in [0.717, 1.165) is 5.56 Å². The molecule has 0 saturated heterocycles. The number of benzene rings is 1. The fraction of sp³-hybridized carbons (Fsp3) is 0.500. The lowest BCUT2D eigenvalue weighted by molar-refractivity contribution is -0.156. The molecule has 1 aromatic carbocycles. The predicted octanol–water partition coefficient (Wildman–Crippen LogP) is 2.08. The van der Waals surface area contributed by atoms with Crippen molar-refractivity contribution in [3.05, 3.63) is 29.8 Å². The summed E-state index contributed by atoms with van der Waals surface area (Å²) in [5.41, 5.74) is 5.98. The lowest BCUT2D eigenvalue weighted by Gasteiger charge is -2.23. The molecule has 0 radical (unpaired) electrons. The van der Waals surface area contributed by atoms with Crippen LogP contribution >= 0.6 is 0 Å². The quantitative estimate of drug-likeness (QED) is 0.832. The van der Waals surface area contributed by atoms with Crippen LogP contribution in [0, 0.1) is 0 Å². The van der Waals surface area contributed by atoms with Gasteiger partial charge in [0.15, 0.2) is 0 Å². The van der Waals surface area contributed by atoms with Crippen LogP contribution in [0.3, 0.4) is 0 Å². The number of hydrogen-bond acceptors (Lipinski definition) is 4. The minimum Gasteiger partial charge on any atom is -0.497 e. The largest absolute Gasteiger partial charge is 0.497 e. The molecule has 1 unspecified atom stereocenters. The van der Waals surface area contributed by atoms with Crippen molar-refractivity contribution >= 4 is 5.97 Å². The first-order chi connectivity index (χ1) is 8.37. The Morgan fingerprint density at radius 1 is 1.39 bits per heavy atom. The molecular formula is C14H21NO3. The molecule has 0 amide bonds. The minimum absolute atomic E-state index is 0.210. The average molecular weight is 251 g/mol. The van der Waals surface area contributed by atoms with E-state index in [9.17, 15) is 4.79 Å². The van der Waals surface area contributed by atoms with Crippen molar-refractivity contribution in [2.75, 3.05) is 13.7 Å². The maximum Gasteiger partial charge on any atom is 0.315 e. The molecule has 0 fully saturated rings. The van der Waals surface area contributed by atoms with Crippen molar-refractivity contribution < 1.29 is 14.3 Å². The van der Waals surface area contributed by atoms with Gasteiger partial charge in [-0.1, -0.05) is 12.1 Å². The van der Waals surface area contributed by atoms with Crippen molar-refractivity contribution in [2.24, 2.45) is 5.73 Å². The fourth-order valence-corrected chi connectivity index (χ4v) is 1.60. The van der Waals surface area contributed by atoms with Crippen LogP contribution in [-0.4, -0.2) is 25.2 Å². The lowest BCUT2D eigenvalue weighted by atomic mass is 9.99. The highest BCUT2D eigenvalue weighted by atomic mass is 16.6. The van der Waals surface area contributed by atoms with E-state index in [2.05, 4.69) is 0 Å². The summed E-state index contributed by atoms with van der Waals surface area (Å²) in [4.78, 5) is 12.0. The standard InChI is InChI=1S/C14H21NO3/c1-14(2,3)18-13(16)12(9-15)10-6-5-7-11(8-10)17-4/h5-8,12H,9,15H2,1-4H3. The molecule has 0 spiro atoms. The number of ether oxygens (including phenoxy) is 2. The summed E-state index contributed by atoms with van der Waals surface area (Å²) in [6.07, 6.45) is 0. The minimum atomic E-state index is -0.511. The van der Waals surface area contributed by atoms with Gasteiger partial charge in [0.05, 0.1) is 13.0 Å². The highest BCUT2D eigenvalue weighted by Crippen LogP contribution is 2.23. The summed E-state index contributed by atoms with van der Waals surface area (Å²) in [6.45, 7) is 5.72. The highest BCUT2D eigenvalue weighted by Gasteiger charge is 2.25. The van der Waals surface area contributed by atoms with Crippen molar-refractivity contribution in [3.63, 3.8) is 0 Å². The van der Waals surface area contributed by atoms with E-state index in [-0.39, 0.29) is 12.5 Å². The normalized spacial score (nSPS) is 12.9. The van der Waals surface area contributed by atoms with Crippen molar-refractivity contribution in [1.29, 1.82) is 0 Å². The van der Waals surface area contributed by atoms with Crippen LogP contribution in [0.2, 0.25) is 0 Å². The summed E-state index contributed by atoms with van der Waals surface area (Å²) in [6, 6.07) is 7.32. The van der Waals surface area contributed by atoms with Gasteiger partial charge in [-0.3, -0.25) is 4.79 Å². The van der Waals surface area contributed by atoms with Crippen LogP contribution in [0.15, 0.2) is 24.3 Å². The molecule has 0 aliphatic carbocycles. The zero-order valence-electron chi connectivity index (χ0n) is 11.4. The first kappa shape index (κ1) is 14.5. The van der Waals surface area contributed by atoms with Gasteiger partial charge in [0.25, 0.3) is 0 Å². The van der Waals surface area contributed by atoms with Gasteiger partial charge in [0.1, 0.15) is 11.4 Å². The molecule has 2 N–H and O–H groups in total. The predicted molar refractivity (Wildman–Crippen MR) is 70.6 cm³/mol. The molecule has 4 nitrogen and oxygen atoms in total. The van der Waals surface area contributed by atoms with E-state index < -0.39 is 11.5 Å². The van der Waals surface area contributed by atoms with E-state index in [1.54, 1.807) is 13.2 Å². The number of rotatable bonds is 4. The third-order valence-electron chi connectivity index (χ3n) is 2.42. The average Bonchev–Trinajstić information content (AvgIpc) is 2.28. The molecule has 18 heavy (non-hydrogen) atoms. The Morgan fingerprint density at radius 3 is 2.56 bits per heavy atom. The molecule has 0 aliphatic rings. The van der Waals surface area contributed by atoms with Gasteiger partial charge in [0, 0.05) is 6.54 Å². The monoisotopic (exact) mass is 251 g/mol. The Hall–Kier alpha value is -1.55. The first-order valence-electron chi connectivity index (χ1n) is 5.94. The van der Waals surface area contributed by atoms with E-state index in [0.29, 0.717) is 5.75 Å². The maximum absolute atomic E-state index is 12.0. The van der Waals surface area contributed by atoms with Crippen LogP contribution in [-0.2, 0) is 9.53 Å². The van der Waals surface area contributed by atoms with Gasteiger partial charge >= 0.3 is 5.97 Å². The Balaban J connectivity index is 2.91. The molecule has 0 saturated carbocycles. The second kappa shape index (κ2) is 5.87. The fourth-order valence-electron chi connectivity index (χ4n) is 1.60. The number of nitrogens with two attached hydrogens (primary N) is 1. The van der Waals surface area contributed by atoms with Gasteiger partial charge in [-0.2, -0.15) is 0 Å². The first-order valence-corrected chi connectivity index (χ1v) is 5.94. The van der Waals surface area contributed by atoms with Crippen LogP contribution in [0.1, 0.15) is 32.3 Å². The Bertz CT molecular complexity index is 410. The zero-order valence-corrected chi connectivity index (χ0v) is 11.4. The Kier molecular flexibility index (Phi) is 4.73. The number of methoxy groups -OCH3 is 1. The van der Waals surface area contributed by atoms with Gasteiger partial charge in [-0.25, -0.2) is 0 Å². The van der Waals surface area contributed by atoms with Crippen molar-refractivity contribution in [1.82, 2.24) is 0 Å². The third kappa shape index (κ3) is 4.04. The van der Waals surface area contributed by atoms with Crippen LogP contribution in [0.4, 0.5) is 0 Å². The van der Waals surface area contributed by atoms with Gasteiger partial charge in [0.2, 0.25) is 0 Å². The van der Waals surface area contributed by atoms with Gasteiger partial charge in [-0.05, 0) is 38.5 Å². The van der Waals surface area contributed by atoms with Gasteiger partial charge in [-0.15, -0.1) is 0 Å². The SMILES string of the molecule is COc1cccc(C(CN)C(=O)OC(C)(C)C)c1. The molecule has 1 rings (SSSR count). The van der Waals surface area contributed by atoms with E-state index >= 15 is 0 Å². The molecule has 0 aliphatic heterocycles. The topological polar surface area (TPSA) is 61.5 Å². The van der Waals surface area contributed by atoms with Crippen molar-refractivity contribution in [2.45, 2.75) is 32.3 Å². The molecule has 0 heterocycles. The molecule has 1 atom stereocenters. The maximum atomic E-state index is 12.0. The molecule has 4 heteroatoms. The number of carbonyl (C=O) groups is 1. The van der Waals surface area contributed by atoms with Crippen LogP contribution < -0.4 is 10.5 Å². The van der Waals surface area contributed by atoms with Gasteiger partial charge < -0.3 is 15.2 Å². The zero-order chi connectivity index (χ0) is 13.8. The second-order valence-corrected chi connectivity index (χ2v) is 5.10.